The molecule has 0 aromatic carbocycles. The van der Waals surface area contributed by atoms with Crippen molar-refractivity contribution in [2.24, 2.45) is 0 Å². The van der Waals surface area contributed by atoms with Crippen molar-refractivity contribution in [3.8, 4) is 0 Å². The Morgan fingerprint density at radius 2 is 2.00 bits per heavy atom. The van der Waals surface area contributed by atoms with E-state index in [1.807, 2.05) is 9.80 Å². The average Bonchev–Trinajstić information content (AvgIpc) is 2.04. The van der Waals surface area contributed by atoms with Gasteiger partial charge in [-0.1, -0.05) is 0 Å². The largest absolute Gasteiger partial charge is 0.549 e. The second-order valence-corrected chi connectivity index (χ2v) is 3.32. The number of piperazine rings is 1. The van der Waals surface area contributed by atoms with Gasteiger partial charge in [0.15, 0.2) is 0 Å². The highest BCUT2D eigenvalue weighted by atomic mass is 16.4. The highest BCUT2D eigenvalue weighted by Crippen LogP contribution is 2.03. The molecular weight excluding hydrogens is 172 g/mol. The van der Waals surface area contributed by atoms with Crippen LogP contribution in [0.5, 0.6) is 0 Å². The zero-order chi connectivity index (χ0) is 9.84. The minimum Gasteiger partial charge on any atom is -0.549 e. The molecular formula is C8H15N2O3-. The molecule has 1 saturated heterocycles. The molecule has 1 unspecified atom stereocenters. The highest BCUT2D eigenvalue weighted by molar-refractivity contribution is 5.66. The van der Waals surface area contributed by atoms with E-state index in [1.165, 1.54) is 0 Å². The van der Waals surface area contributed by atoms with Gasteiger partial charge >= 0.3 is 0 Å². The number of carboxylic acids is 1. The molecule has 0 spiro atoms. The molecule has 0 aromatic rings. The molecule has 1 fully saturated rings. The van der Waals surface area contributed by atoms with Crippen LogP contribution in [-0.4, -0.2) is 59.8 Å². The van der Waals surface area contributed by atoms with Crippen molar-refractivity contribution in [1.82, 2.24) is 9.80 Å². The van der Waals surface area contributed by atoms with Gasteiger partial charge in [0.05, 0.1) is 5.97 Å². The number of rotatable bonds is 3. The zero-order valence-corrected chi connectivity index (χ0v) is 7.77. The number of aliphatic hydroxyl groups is 1. The van der Waals surface area contributed by atoms with Gasteiger partial charge in [0.1, 0.15) is 6.23 Å². The molecule has 1 aliphatic heterocycles. The summed E-state index contributed by atoms with van der Waals surface area (Å²) in [4.78, 5) is 14.0. The quantitative estimate of drug-likeness (QED) is 0.538. The standard InChI is InChI=1S/C8H16N2O3/c1-7(11)10-4-2-9(3-5-10)6-8(12)13/h7,11H,2-6H2,1H3,(H,12,13)/p-1. The molecule has 13 heavy (non-hydrogen) atoms. The number of nitrogens with zero attached hydrogens (tertiary/aromatic N) is 2. The first-order valence-electron chi connectivity index (χ1n) is 4.44. The van der Waals surface area contributed by atoms with E-state index in [0.717, 1.165) is 0 Å². The van der Waals surface area contributed by atoms with Crippen LogP contribution >= 0.6 is 0 Å². The lowest BCUT2D eigenvalue weighted by Gasteiger charge is -2.36. The summed E-state index contributed by atoms with van der Waals surface area (Å²) in [5.41, 5.74) is 0. The van der Waals surface area contributed by atoms with Crippen LogP contribution in [0.3, 0.4) is 0 Å². The summed E-state index contributed by atoms with van der Waals surface area (Å²) in [6.45, 7) is 4.50. The van der Waals surface area contributed by atoms with Crippen LogP contribution in [-0.2, 0) is 4.79 Å². The van der Waals surface area contributed by atoms with Crippen LogP contribution in [0, 0.1) is 0 Å². The van der Waals surface area contributed by atoms with Crippen LogP contribution < -0.4 is 5.11 Å². The first-order valence-corrected chi connectivity index (χ1v) is 4.44. The van der Waals surface area contributed by atoms with Crippen molar-refractivity contribution in [2.45, 2.75) is 13.2 Å². The lowest BCUT2D eigenvalue weighted by atomic mass is 10.3. The van der Waals surface area contributed by atoms with E-state index in [4.69, 9.17) is 0 Å². The maximum Gasteiger partial charge on any atom is 0.104 e. The SMILES string of the molecule is CC(O)N1CCN(CC(=O)[O-])CC1. The topological polar surface area (TPSA) is 66.8 Å². The number of carboxylic acid groups (broad SMARTS) is 1. The lowest BCUT2D eigenvalue weighted by molar-refractivity contribution is -0.306. The van der Waals surface area contributed by atoms with Crippen molar-refractivity contribution in [3.05, 3.63) is 0 Å². The van der Waals surface area contributed by atoms with Gasteiger partial charge in [-0.2, -0.15) is 0 Å². The van der Waals surface area contributed by atoms with Gasteiger partial charge in [-0.15, -0.1) is 0 Å². The van der Waals surface area contributed by atoms with E-state index < -0.39 is 12.2 Å². The molecule has 0 aromatic heterocycles. The average molecular weight is 187 g/mol. The van der Waals surface area contributed by atoms with Gasteiger partial charge in [0.2, 0.25) is 0 Å². The van der Waals surface area contributed by atoms with Crippen molar-refractivity contribution < 1.29 is 15.0 Å². The molecule has 76 valence electrons. The summed E-state index contributed by atoms with van der Waals surface area (Å²) in [5.74, 6) is -1.04. The Hall–Kier alpha value is -0.650. The second-order valence-electron chi connectivity index (χ2n) is 3.32. The summed E-state index contributed by atoms with van der Waals surface area (Å²) in [5, 5.41) is 19.5. The number of carbonyl (C=O) groups excluding carboxylic acids is 1. The van der Waals surface area contributed by atoms with E-state index >= 15 is 0 Å². The van der Waals surface area contributed by atoms with Crippen LogP contribution in [0.2, 0.25) is 0 Å². The van der Waals surface area contributed by atoms with E-state index in [9.17, 15) is 15.0 Å². The summed E-state index contributed by atoms with van der Waals surface area (Å²) in [7, 11) is 0. The molecule has 5 nitrogen and oxygen atoms in total. The minimum atomic E-state index is -1.04. The van der Waals surface area contributed by atoms with Gasteiger partial charge in [-0.25, -0.2) is 0 Å². The predicted octanol–water partition coefficient (Wildman–Crippen LogP) is -2.31. The van der Waals surface area contributed by atoms with Gasteiger partial charge in [0, 0.05) is 32.7 Å². The van der Waals surface area contributed by atoms with Gasteiger partial charge in [0.25, 0.3) is 0 Å². The Labute approximate surface area is 77.6 Å². The first-order chi connectivity index (χ1) is 6.09. The molecule has 0 aliphatic carbocycles. The molecule has 0 saturated carbocycles. The molecule has 5 heteroatoms. The fraction of sp³-hybridized carbons (Fsp3) is 0.875. The molecule has 0 radical (unpaired) electrons. The third-order valence-corrected chi connectivity index (χ3v) is 2.29. The third kappa shape index (κ3) is 3.30. The fourth-order valence-electron chi connectivity index (χ4n) is 1.48. The van der Waals surface area contributed by atoms with Crippen molar-refractivity contribution in [3.63, 3.8) is 0 Å². The first kappa shape index (κ1) is 10.4. The number of aliphatic carboxylic acids is 1. The Kier molecular flexibility index (Phi) is 3.65. The normalized spacial score (nSPS) is 22.9. The molecule has 0 bridgehead atoms. The van der Waals surface area contributed by atoms with Gasteiger partial charge < -0.3 is 15.0 Å². The van der Waals surface area contributed by atoms with E-state index in [-0.39, 0.29) is 6.54 Å². The van der Waals surface area contributed by atoms with E-state index in [0.29, 0.717) is 26.2 Å². The second kappa shape index (κ2) is 4.55. The van der Waals surface area contributed by atoms with Crippen molar-refractivity contribution >= 4 is 5.97 Å². The molecule has 1 aliphatic rings. The molecule has 1 N–H and O–H groups in total. The van der Waals surface area contributed by atoms with Crippen LogP contribution in [0.4, 0.5) is 0 Å². The number of hydrogen-bond donors (Lipinski definition) is 1. The summed E-state index contributed by atoms with van der Waals surface area (Å²) in [6, 6.07) is 0. The maximum absolute atomic E-state index is 10.3. The Bertz CT molecular complexity index is 176. The van der Waals surface area contributed by atoms with E-state index in [1.54, 1.807) is 6.92 Å². The lowest BCUT2D eigenvalue weighted by Crippen LogP contribution is -2.52. The van der Waals surface area contributed by atoms with Gasteiger partial charge in [-0.05, 0) is 6.92 Å². The van der Waals surface area contributed by atoms with Crippen molar-refractivity contribution in [2.75, 3.05) is 32.7 Å². The van der Waals surface area contributed by atoms with Crippen molar-refractivity contribution in [1.29, 1.82) is 0 Å². The number of aliphatic hydroxyl groups excluding tert-OH is 1. The summed E-state index contributed by atoms with van der Waals surface area (Å²) < 4.78 is 0. The zero-order valence-electron chi connectivity index (χ0n) is 7.77. The van der Waals surface area contributed by atoms with Gasteiger partial charge in [-0.3, -0.25) is 9.80 Å². The molecule has 1 atom stereocenters. The molecule has 1 rings (SSSR count). The summed E-state index contributed by atoms with van der Waals surface area (Å²) >= 11 is 0. The minimum absolute atomic E-state index is 0.00630. The number of carbonyl (C=O) groups is 1. The monoisotopic (exact) mass is 187 g/mol. The maximum atomic E-state index is 10.3. The smallest absolute Gasteiger partial charge is 0.104 e. The summed E-state index contributed by atoms with van der Waals surface area (Å²) in [6.07, 6.45) is -0.440. The number of hydrogen-bond acceptors (Lipinski definition) is 5. The predicted molar refractivity (Wildman–Crippen MR) is 44.7 cm³/mol. The van der Waals surface area contributed by atoms with Crippen LogP contribution in [0.15, 0.2) is 0 Å². The third-order valence-electron chi connectivity index (χ3n) is 2.29. The Morgan fingerprint density at radius 3 is 2.38 bits per heavy atom. The van der Waals surface area contributed by atoms with Crippen LogP contribution in [0.25, 0.3) is 0 Å². The highest BCUT2D eigenvalue weighted by Gasteiger charge is 2.18. The molecule has 0 amide bonds. The van der Waals surface area contributed by atoms with Crippen LogP contribution in [0.1, 0.15) is 6.92 Å². The fourth-order valence-corrected chi connectivity index (χ4v) is 1.48. The molecule has 1 heterocycles. The van der Waals surface area contributed by atoms with E-state index in [2.05, 4.69) is 0 Å². The Morgan fingerprint density at radius 1 is 1.46 bits per heavy atom. The Balaban J connectivity index is 2.26.